The largest absolute Gasteiger partial charge is 0.492 e. The van der Waals surface area contributed by atoms with E-state index in [1.165, 1.54) is 0 Å². The Hall–Kier alpha value is -2.34. The van der Waals surface area contributed by atoms with Gasteiger partial charge in [0.05, 0.1) is 11.8 Å². The molecule has 0 spiro atoms. The summed E-state index contributed by atoms with van der Waals surface area (Å²) in [6, 6.07) is 7.16. The monoisotopic (exact) mass is 274 g/mol. The molecule has 0 saturated carbocycles. The average molecular weight is 274 g/mol. The van der Waals surface area contributed by atoms with Gasteiger partial charge < -0.3 is 15.8 Å². The first-order valence-corrected chi connectivity index (χ1v) is 6.49. The number of aryl methyl sites for hydroxylation is 1. The first-order valence-electron chi connectivity index (χ1n) is 6.49. The van der Waals surface area contributed by atoms with E-state index in [0.717, 1.165) is 12.3 Å². The molecule has 0 aliphatic rings. The van der Waals surface area contributed by atoms with Gasteiger partial charge in [-0.2, -0.15) is 5.10 Å². The predicted octanol–water partition coefficient (Wildman–Crippen LogP) is 1.49. The number of aromatic nitrogens is 2. The van der Waals surface area contributed by atoms with Gasteiger partial charge in [-0.1, -0.05) is 0 Å². The minimum atomic E-state index is -0.180. The highest BCUT2D eigenvalue weighted by Crippen LogP contribution is 2.16. The molecule has 0 bridgehead atoms. The molecule has 20 heavy (non-hydrogen) atoms. The zero-order chi connectivity index (χ0) is 14.4. The van der Waals surface area contributed by atoms with Gasteiger partial charge in [0.15, 0.2) is 0 Å². The van der Waals surface area contributed by atoms with Gasteiger partial charge >= 0.3 is 0 Å². The van der Waals surface area contributed by atoms with Gasteiger partial charge in [-0.3, -0.25) is 9.48 Å². The maximum Gasteiger partial charge on any atom is 0.258 e. The lowest BCUT2D eigenvalue weighted by Crippen LogP contribution is -2.12. The summed E-state index contributed by atoms with van der Waals surface area (Å²) < 4.78 is 7.07. The van der Waals surface area contributed by atoms with E-state index in [-0.39, 0.29) is 5.91 Å². The fourth-order valence-electron chi connectivity index (χ4n) is 1.67. The van der Waals surface area contributed by atoms with E-state index >= 15 is 0 Å². The van der Waals surface area contributed by atoms with E-state index in [4.69, 9.17) is 10.5 Å². The van der Waals surface area contributed by atoms with Crippen LogP contribution in [-0.2, 0) is 6.54 Å². The molecule has 0 aliphatic heterocycles. The number of hydrogen-bond donors (Lipinski definition) is 2. The summed E-state index contributed by atoms with van der Waals surface area (Å²) in [7, 11) is 0. The van der Waals surface area contributed by atoms with Crippen LogP contribution in [0.5, 0.6) is 5.75 Å². The second-order valence-electron chi connectivity index (χ2n) is 4.20. The van der Waals surface area contributed by atoms with Crippen LogP contribution in [0.25, 0.3) is 0 Å². The maximum absolute atomic E-state index is 12.0. The normalized spacial score (nSPS) is 10.3. The van der Waals surface area contributed by atoms with Gasteiger partial charge in [0.2, 0.25) is 0 Å². The quantitative estimate of drug-likeness (QED) is 0.836. The minimum Gasteiger partial charge on any atom is -0.492 e. The van der Waals surface area contributed by atoms with E-state index in [1.807, 2.05) is 6.92 Å². The van der Waals surface area contributed by atoms with Crippen molar-refractivity contribution in [1.82, 2.24) is 9.78 Å². The van der Waals surface area contributed by atoms with Crippen molar-refractivity contribution in [2.75, 3.05) is 18.5 Å². The summed E-state index contributed by atoms with van der Waals surface area (Å²) in [4.78, 5) is 12.0. The SMILES string of the molecule is CCn1cc(C(=O)Nc2ccc(OCCN)cc2)cn1. The van der Waals surface area contributed by atoms with Crippen molar-refractivity contribution in [3.05, 3.63) is 42.2 Å². The Balaban J connectivity index is 1.97. The number of nitrogens with two attached hydrogens (primary N) is 1. The van der Waals surface area contributed by atoms with Crippen molar-refractivity contribution in [3.8, 4) is 5.75 Å². The Labute approximate surface area is 117 Å². The van der Waals surface area contributed by atoms with Crippen LogP contribution in [-0.4, -0.2) is 28.8 Å². The van der Waals surface area contributed by atoms with Gasteiger partial charge in [-0.25, -0.2) is 0 Å². The molecular weight excluding hydrogens is 256 g/mol. The van der Waals surface area contributed by atoms with Crippen molar-refractivity contribution in [2.45, 2.75) is 13.5 Å². The smallest absolute Gasteiger partial charge is 0.258 e. The van der Waals surface area contributed by atoms with Gasteiger partial charge in [0, 0.05) is 25.0 Å². The van der Waals surface area contributed by atoms with Crippen molar-refractivity contribution in [2.24, 2.45) is 5.73 Å². The number of anilines is 1. The molecule has 1 amide bonds. The third-order valence-corrected chi connectivity index (χ3v) is 2.72. The number of nitrogens with one attached hydrogen (secondary N) is 1. The van der Waals surface area contributed by atoms with Crippen molar-refractivity contribution < 1.29 is 9.53 Å². The second-order valence-corrected chi connectivity index (χ2v) is 4.20. The van der Waals surface area contributed by atoms with Crippen LogP contribution in [0.3, 0.4) is 0 Å². The predicted molar refractivity (Wildman–Crippen MR) is 76.8 cm³/mol. The Morgan fingerprint density at radius 2 is 2.15 bits per heavy atom. The number of hydrogen-bond acceptors (Lipinski definition) is 4. The average Bonchev–Trinajstić information content (AvgIpc) is 2.95. The Bertz CT molecular complexity index is 563. The van der Waals surface area contributed by atoms with Crippen molar-refractivity contribution >= 4 is 11.6 Å². The third-order valence-electron chi connectivity index (χ3n) is 2.72. The molecule has 0 radical (unpaired) electrons. The second kappa shape index (κ2) is 6.72. The number of ether oxygens (including phenoxy) is 1. The molecule has 0 saturated heterocycles. The molecule has 1 aromatic heterocycles. The Morgan fingerprint density at radius 3 is 2.75 bits per heavy atom. The maximum atomic E-state index is 12.0. The molecule has 0 aliphatic carbocycles. The summed E-state index contributed by atoms with van der Waals surface area (Å²) in [6.07, 6.45) is 3.27. The van der Waals surface area contributed by atoms with E-state index in [2.05, 4.69) is 10.4 Å². The summed E-state index contributed by atoms with van der Waals surface area (Å²) in [6.45, 7) is 3.65. The van der Waals surface area contributed by atoms with Crippen LogP contribution >= 0.6 is 0 Å². The van der Waals surface area contributed by atoms with Gasteiger partial charge in [0.25, 0.3) is 5.91 Å². The fraction of sp³-hybridized carbons (Fsp3) is 0.286. The highest BCUT2D eigenvalue weighted by Gasteiger charge is 2.08. The zero-order valence-corrected chi connectivity index (χ0v) is 11.4. The molecule has 3 N–H and O–H groups in total. The Kier molecular flexibility index (Phi) is 4.73. The number of rotatable bonds is 6. The van der Waals surface area contributed by atoms with E-state index in [0.29, 0.717) is 24.4 Å². The van der Waals surface area contributed by atoms with Crippen LogP contribution < -0.4 is 15.8 Å². The molecular formula is C14H18N4O2. The molecule has 1 aromatic carbocycles. The van der Waals surface area contributed by atoms with E-state index in [1.54, 1.807) is 41.3 Å². The Morgan fingerprint density at radius 1 is 1.40 bits per heavy atom. The lowest BCUT2D eigenvalue weighted by Gasteiger charge is -2.06. The molecule has 2 aromatic rings. The van der Waals surface area contributed by atoms with E-state index < -0.39 is 0 Å². The van der Waals surface area contributed by atoms with E-state index in [9.17, 15) is 4.79 Å². The van der Waals surface area contributed by atoms with Crippen molar-refractivity contribution in [3.63, 3.8) is 0 Å². The van der Waals surface area contributed by atoms with Crippen molar-refractivity contribution in [1.29, 1.82) is 0 Å². The van der Waals surface area contributed by atoms with Crippen LogP contribution in [0.1, 0.15) is 17.3 Å². The molecule has 0 fully saturated rings. The molecule has 0 unspecified atom stereocenters. The summed E-state index contributed by atoms with van der Waals surface area (Å²) in [5.41, 5.74) is 6.61. The molecule has 106 valence electrons. The summed E-state index contributed by atoms with van der Waals surface area (Å²) >= 11 is 0. The first kappa shape index (κ1) is 14.1. The van der Waals surface area contributed by atoms with Gasteiger partial charge in [-0.15, -0.1) is 0 Å². The number of carbonyl (C=O) groups is 1. The topological polar surface area (TPSA) is 82.2 Å². The summed E-state index contributed by atoms with van der Waals surface area (Å²) in [5, 5.41) is 6.88. The molecule has 6 heteroatoms. The highest BCUT2D eigenvalue weighted by molar-refractivity contribution is 6.03. The number of carbonyl (C=O) groups excluding carboxylic acids is 1. The van der Waals surface area contributed by atoms with Crippen LogP contribution in [0.4, 0.5) is 5.69 Å². The minimum absolute atomic E-state index is 0.180. The number of nitrogens with zero attached hydrogens (tertiary/aromatic N) is 2. The van der Waals surface area contributed by atoms with Crippen LogP contribution in [0, 0.1) is 0 Å². The number of benzene rings is 1. The summed E-state index contributed by atoms with van der Waals surface area (Å²) in [5.74, 6) is 0.549. The lowest BCUT2D eigenvalue weighted by molar-refractivity contribution is 0.102. The molecule has 6 nitrogen and oxygen atoms in total. The van der Waals surface area contributed by atoms with Gasteiger partial charge in [-0.05, 0) is 31.2 Å². The van der Waals surface area contributed by atoms with Crippen LogP contribution in [0.15, 0.2) is 36.7 Å². The lowest BCUT2D eigenvalue weighted by atomic mass is 10.2. The standard InChI is InChI=1S/C14H18N4O2/c1-2-18-10-11(9-16-18)14(19)17-12-3-5-13(6-4-12)20-8-7-15/h3-6,9-10H,2,7-8,15H2,1H3,(H,17,19). The van der Waals surface area contributed by atoms with Gasteiger partial charge in [0.1, 0.15) is 12.4 Å². The molecule has 0 atom stereocenters. The first-order chi connectivity index (χ1) is 9.72. The highest BCUT2D eigenvalue weighted by atomic mass is 16.5. The molecule has 2 rings (SSSR count). The fourth-order valence-corrected chi connectivity index (χ4v) is 1.67. The zero-order valence-electron chi connectivity index (χ0n) is 11.4. The molecule has 1 heterocycles. The van der Waals surface area contributed by atoms with Crippen LogP contribution in [0.2, 0.25) is 0 Å². The third kappa shape index (κ3) is 3.58. The number of amides is 1.